The summed E-state index contributed by atoms with van der Waals surface area (Å²) in [5.74, 6) is -1.12. The van der Waals surface area contributed by atoms with Crippen molar-refractivity contribution in [3.05, 3.63) is 34.1 Å². The van der Waals surface area contributed by atoms with Crippen LogP contribution < -0.4 is 10.5 Å². The number of nitrogens with one attached hydrogen (secondary N) is 1. The predicted molar refractivity (Wildman–Crippen MR) is 73.6 cm³/mol. The molecular weight excluding hydrogens is 301 g/mol. The fourth-order valence-corrected chi connectivity index (χ4v) is 3.90. The minimum Gasteiger partial charge on any atom is -0.330 e. The van der Waals surface area contributed by atoms with Crippen LogP contribution in [0.25, 0.3) is 0 Å². The highest BCUT2D eigenvalue weighted by molar-refractivity contribution is 7.89. The number of nitro benzene ring substituents is 1. The van der Waals surface area contributed by atoms with Gasteiger partial charge in [-0.05, 0) is 31.4 Å². The lowest BCUT2D eigenvalue weighted by molar-refractivity contribution is -0.387. The maximum atomic E-state index is 13.5. The summed E-state index contributed by atoms with van der Waals surface area (Å²) >= 11 is 0. The largest absolute Gasteiger partial charge is 0.330 e. The van der Waals surface area contributed by atoms with Crippen molar-refractivity contribution in [2.75, 3.05) is 6.54 Å². The summed E-state index contributed by atoms with van der Waals surface area (Å²) in [7, 11) is -3.92. The zero-order chi connectivity index (χ0) is 15.6. The van der Waals surface area contributed by atoms with Gasteiger partial charge >= 0.3 is 5.69 Å². The Morgan fingerprint density at radius 3 is 2.71 bits per heavy atom. The number of halogens is 1. The van der Waals surface area contributed by atoms with E-state index in [9.17, 15) is 22.9 Å². The van der Waals surface area contributed by atoms with Gasteiger partial charge in [-0.1, -0.05) is 6.42 Å². The second-order valence-corrected chi connectivity index (χ2v) is 6.74. The van der Waals surface area contributed by atoms with Crippen LogP contribution in [0.2, 0.25) is 0 Å². The first kappa shape index (κ1) is 15.8. The number of rotatable bonds is 5. The maximum Gasteiger partial charge on any atom is 0.304 e. The van der Waals surface area contributed by atoms with Gasteiger partial charge in [0.2, 0.25) is 15.8 Å². The molecule has 3 N–H and O–H groups in total. The van der Waals surface area contributed by atoms with E-state index in [-0.39, 0.29) is 16.9 Å². The Morgan fingerprint density at radius 1 is 1.43 bits per heavy atom. The van der Waals surface area contributed by atoms with Crippen LogP contribution in [0.15, 0.2) is 23.1 Å². The van der Waals surface area contributed by atoms with Crippen LogP contribution in [0.5, 0.6) is 0 Å². The summed E-state index contributed by atoms with van der Waals surface area (Å²) in [5, 5.41) is 10.5. The molecule has 2 atom stereocenters. The van der Waals surface area contributed by atoms with Crippen molar-refractivity contribution in [3.8, 4) is 0 Å². The SMILES string of the molecule is NCC1CCCC1NS(=O)(=O)c1ccc([N+](=O)[O-])c(F)c1. The molecule has 0 aliphatic heterocycles. The van der Waals surface area contributed by atoms with Crippen LogP contribution in [0.4, 0.5) is 10.1 Å². The number of nitro groups is 1. The first-order valence-electron chi connectivity index (χ1n) is 6.51. The van der Waals surface area contributed by atoms with Crippen LogP contribution in [0, 0.1) is 21.8 Å². The van der Waals surface area contributed by atoms with Crippen LogP contribution in [0.3, 0.4) is 0 Å². The monoisotopic (exact) mass is 317 g/mol. The third-order valence-electron chi connectivity index (χ3n) is 3.69. The fourth-order valence-electron chi connectivity index (χ4n) is 2.54. The molecule has 21 heavy (non-hydrogen) atoms. The highest BCUT2D eigenvalue weighted by atomic mass is 32.2. The molecule has 2 rings (SSSR count). The van der Waals surface area contributed by atoms with E-state index in [4.69, 9.17) is 5.73 Å². The average Bonchev–Trinajstić information content (AvgIpc) is 2.84. The minimum absolute atomic E-state index is 0.0580. The van der Waals surface area contributed by atoms with Crippen molar-refractivity contribution in [1.29, 1.82) is 0 Å². The standard InChI is InChI=1S/C12H16FN3O4S/c13-10-6-9(4-5-12(10)16(17)18)21(19,20)15-11-3-1-2-8(11)7-14/h4-6,8,11,15H,1-3,7,14H2. The zero-order valence-corrected chi connectivity index (χ0v) is 12.0. The van der Waals surface area contributed by atoms with E-state index in [1.54, 1.807) is 0 Å². The lowest BCUT2D eigenvalue weighted by atomic mass is 10.1. The Labute approximate surface area is 121 Å². The molecule has 1 aromatic carbocycles. The molecular formula is C12H16FN3O4S. The number of benzene rings is 1. The summed E-state index contributed by atoms with van der Waals surface area (Å²) in [4.78, 5) is 9.30. The molecule has 0 spiro atoms. The third kappa shape index (κ3) is 3.36. The van der Waals surface area contributed by atoms with Crippen molar-refractivity contribution in [2.24, 2.45) is 11.7 Å². The van der Waals surface area contributed by atoms with Crippen molar-refractivity contribution in [3.63, 3.8) is 0 Å². The molecule has 116 valence electrons. The smallest absolute Gasteiger partial charge is 0.304 e. The highest BCUT2D eigenvalue weighted by Crippen LogP contribution is 2.27. The van der Waals surface area contributed by atoms with E-state index >= 15 is 0 Å². The van der Waals surface area contributed by atoms with Gasteiger partial charge in [0.1, 0.15) is 0 Å². The van der Waals surface area contributed by atoms with Gasteiger partial charge in [-0.25, -0.2) is 13.1 Å². The Bertz CT molecular complexity index is 650. The van der Waals surface area contributed by atoms with Gasteiger partial charge in [-0.3, -0.25) is 10.1 Å². The van der Waals surface area contributed by atoms with Crippen molar-refractivity contribution < 1.29 is 17.7 Å². The summed E-state index contributed by atoms with van der Waals surface area (Å²) in [5.41, 5.74) is 4.83. The number of hydrogen-bond donors (Lipinski definition) is 2. The summed E-state index contributed by atoms with van der Waals surface area (Å²) < 4.78 is 40.4. The van der Waals surface area contributed by atoms with Gasteiger partial charge in [-0.2, -0.15) is 4.39 Å². The Hall–Kier alpha value is -1.58. The molecule has 0 saturated heterocycles. The lowest BCUT2D eigenvalue weighted by Crippen LogP contribution is -2.39. The molecule has 1 saturated carbocycles. The molecule has 0 aromatic heterocycles. The van der Waals surface area contributed by atoms with Gasteiger partial charge in [-0.15, -0.1) is 0 Å². The highest BCUT2D eigenvalue weighted by Gasteiger charge is 2.31. The zero-order valence-electron chi connectivity index (χ0n) is 11.2. The number of nitrogens with two attached hydrogens (primary N) is 1. The molecule has 1 aliphatic carbocycles. The quantitative estimate of drug-likeness (QED) is 0.624. The fraction of sp³-hybridized carbons (Fsp3) is 0.500. The summed E-state index contributed by atoms with van der Waals surface area (Å²) in [6.45, 7) is 0.377. The molecule has 0 amide bonds. The Kier molecular flexibility index (Phi) is 4.55. The van der Waals surface area contributed by atoms with E-state index in [2.05, 4.69) is 4.72 Å². The molecule has 9 heteroatoms. The second kappa shape index (κ2) is 6.04. The molecule has 7 nitrogen and oxygen atoms in total. The molecule has 1 aliphatic rings. The molecule has 0 radical (unpaired) electrons. The van der Waals surface area contributed by atoms with Gasteiger partial charge in [0.05, 0.1) is 9.82 Å². The molecule has 1 aromatic rings. The number of sulfonamides is 1. The normalized spacial score (nSPS) is 22.4. The summed E-state index contributed by atoms with van der Waals surface area (Å²) in [6.07, 6.45) is 2.40. The van der Waals surface area contributed by atoms with E-state index in [1.807, 2.05) is 0 Å². The molecule has 2 unspecified atom stereocenters. The Morgan fingerprint density at radius 2 is 2.14 bits per heavy atom. The van der Waals surface area contributed by atoms with Crippen LogP contribution >= 0.6 is 0 Å². The topological polar surface area (TPSA) is 115 Å². The van der Waals surface area contributed by atoms with Crippen LogP contribution in [-0.2, 0) is 10.0 Å². The van der Waals surface area contributed by atoms with Crippen LogP contribution in [0.1, 0.15) is 19.3 Å². The molecule has 0 bridgehead atoms. The number of hydrogen-bond acceptors (Lipinski definition) is 5. The van der Waals surface area contributed by atoms with Gasteiger partial charge in [0, 0.05) is 18.2 Å². The molecule has 0 heterocycles. The third-order valence-corrected chi connectivity index (χ3v) is 5.18. The first-order valence-corrected chi connectivity index (χ1v) is 8.00. The van der Waals surface area contributed by atoms with Gasteiger partial charge < -0.3 is 5.73 Å². The van der Waals surface area contributed by atoms with Crippen LogP contribution in [-0.4, -0.2) is 25.9 Å². The Balaban J connectivity index is 2.23. The van der Waals surface area contributed by atoms with Gasteiger partial charge in [0.15, 0.2) is 0 Å². The summed E-state index contributed by atoms with van der Waals surface area (Å²) in [6, 6.07) is 2.25. The van der Waals surface area contributed by atoms with Crippen molar-refractivity contribution in [2.45, 2.75) is 30.2 Å². The lowest BCUT2D eigenvalue weighted by Gasteiger charge is -2.19. The van der Waals surface area contributed by atoms with E-state index in [1.165, 1.54) is 0 Å². The van der Waals surface area contributed by atoms with Gasteiger partial charge in [0.25, 0.3) is 0 Å². The average molecular weight is 317 g/mol. The van der Waals surface area contributed by atoms with E-state index < -0.39 is 26.5 Å². The molecule has 1 fully saturated rings. The van der Waals surface area contributed by atoms with Crippen molar-refractivity contribution in [1.82, 2.24) is 4.72 Å². The maximum absolute atomic E-state index is 13.5. The predicted octanol–water partition coefficient (Wildman–Crippen LogP) is 1.14. The van der Waals surface area contributed by atoms with E-state index in [0.29, 0.717) is 19.0 Å². The number of nitrogens with zero attached hydrogens (tertiary/aromatic N) is 1. The minimum atomic E-state index is -3.92. The second-order valence-electron chi connectivity index (χ2n) is 5.02. The van der Waals surface area contributed by atoms with E-state index in [0.717, 1.165) is 25.0 Å². The first-order chi connectivity index (χ1) is 9.85. The van der Waals surface area contributed by atoms with Crippen molar-refractivity contribution >= 4 is 15.7 Å².